The van der Waals surface area contributed by atoms with Crippen molar-refractivity contribution in [2.45, 2.75) is 11.4 Å². The molecule has 1 aliphatic rings. The number of esters is 1. The molecule has 1 aromatic rings. The largest absolute Gasteiger partial charge is 0.493 e. The molecular formula is C20H16ClNO6S. The van der Waals surface area contributed by atoms with Crippen LogP contribution >= 0.6 is 23.4 Å². The average molecular weight is 434 g/mol. The first kappa shape index (κ1) is 22.4. The van der Waals surface area contributed by atoms with Crippen molar-refractivity contribution in [2.75, 3.05) is 20.8 Å². The molecular weight excluding hydrogens is 418 g/mol. The summed E-state index contributed by atoms with van der Waals surface area (Å²) in [6.07, 6.45) is 2.82. The Kier molecular flexibility index (Phi) is 8.63. The molecule has 0 amide bonds. The molecule has 0 aliphatic carbocycles. The number of ether oxygens (including phenoxy) is 3. The topological polar surface area (TPSA) is 90.9 Å². The molecule has 0 spiro atoms. The first-order valence-electron chi connectivity index (χ1n) is 8.13. The van der Waals surface area contributed by atoms with Gasteiger partial charge in [0.2, 0.25) is 0 Å². The first-order chi connectivity index (χ1) is 14.0. The van der Waals surface area contributed by atoms with Gasteiger partial charge in [0.1, 0.15) is 11.4 Å². The van der Waals surface area contributed by atoms with Crippen molar-refractivity contribution < 1.29 is 28.6 Å². The second-order valence-corrected chi connectivity index (χ2v) is 6.94. The lowest BCUT2D eigenvalue weighted by molar-refractivity contribution is -0.142. The second-order valence-electron chi connectivity index (χ2n) is 5.36. The maximum absolute atomic E-state index is 11.3. The van der Waals surface area contributed by atoms with Crippen LogP contribution in [-0.4, -0.2) is 50.8 Å². The van der Waals surface area contributed by atoms with Crippen molar-refractivity contribution in [2.24, 2.45) is 0 Å². The van der Waals surface area contributed by atoms with E-state index in [1.807, 2.05) is 6.08 Å². The van der Waals surface area contributed by atoms with Crippen LogP contribution in [0.25, 0.3) is 6.08 Å². The number of carbonyl (C=O) groups is 3. The van der Waals surface area contributed by atoms with E-state index in [2.05, 4.69) is 33.7 Å². The molecule has 0 aromatic heterocycles. The van der Waals surface area contributed by atoms with Gasteiger partial charge in [-0.3, -0.25) is 14.9 Å². The van der Waals surface area contributed by atoms with Crippen LogP contribution in [0.1, 0.15) is 5.56 Å². The van der Waals surface area contributed by atoms with E-state index in [-0.39, 0.29) is 22.8 Å². The van der Waals surface area contributed by atoms with E-state index >= 15 is 0 Å². The fraction of sp³-hybridized carbons (Fsp3) is 0.250. The summed E-state index contributed by atoms with van der Waals surface area (Å²) in [7, 11) is 2.70. The van der Waals surface area contributed by atoms with Gasteiger partial charge in [0, 0.05) is 4.91 Å². The van der Waals surface area contributed by atoms with Crippen molar-refractivity contribution in [1.82, 2.24) is 5.32 Å². The summed E-state index contributed by atoms with van der Waals surface area (Å²) in [5.41, 5.74) is 0.684. The Morgan fingerprint density at radius 1 is 1.24 bits per heavy atom. The SMILES string of the molecule is COC(=O)COc1c(Cl)cc(/C=C2\SC(C#CC=O)NC2C#CC=O)cc1OC. The van der Waals surface area contributed by atoms with Crippen molar-refractivity contribution in [3.8, 4) is 35.2 Å². The van der Waals surface area contributed by atoms with Gasteiger partial charge in [-0.05, 0) is 35.6 Å². The maximum atomic E-state index is 11.3. The minimum atomic E-state index is -0.554. The molecule has 9 heteroatoms. The van der Waals surface area contributed by atoms with Gasteiger partial charge in [0.15, 0.2) is 30.7 Å². The molecule has 1 aromatic carbocycles. The van der Waals surface area contributed by atoms with Crippen LogP contribution in [0.3, 0.4) is 0 Å². The lowest BCUT2D eigenvalue weighted by atomic mass is 10.1. The highest BCUT2D eigenvalue weighted by atomic mass is 35.5. The molecule has 2 atom stereocenters. The van der Waals surface area contributed by atoms with E-state index in [4.69, 9.17) is 21.1 Å². The first-order valence-corrected chi connectivity index (χ1v) is 9.39. The molecule has 1 aliphatic heterocycles. The Balaban J connectivity index is 2.35. The van der Waals surface area contributed by atoms with Gasteiger partial charge in [-0.1, -0.05) is 35.2 Å². The second kappa shape index (κ2) is 11.2. The van der Waals surface area contributed by atoms with Gasteiger partial charge in [-0.15, -0.1) is 0 Å². The summed E-state index contributed by atoms with van der Waals surface area (Å²) in [5.74, 6) is 10.3. The maximum Gasteiger partial charge on any atom is 0.343 e. The number of rotatable bonds is 5. The van der Waals surface area contributed by atoms with Gasteiger partial charge in [-0.25, -0.2) is 4.79 Å². The van der Waals surface area contributed by atoms with Crippen molar-refractivity contribution >= 4 is 48.0 Å². The average Bonchev–Trinajstić information content (AvgIpc) is 3.10. The Morgan fingerprint density at radius 3 is 2.62 bits per heavy atom. The molecule has 0 saturated carbocycles. The third kappa shape index (κ3) is 6.30. The Hall–Kier alpha value is -2.91. The molecule has 29 heavy (non-hydrogen) atoms. The monoisotopic (exact) mass is 433 g/mol. The highest BCUT2D eigenvalue weighted by Gasteiger charge is 2.27. The standard InChI is InChI=1S/C20H16ClNO6S/c1-26-16-10-13(9-14(21)20(16)28-12-19(25)27-2)11-17-15(5-3-7-23)22-18(29-17)6-4-8-24/h7-11,15,18,22H,12H2,1-2H3/b17-11-. The van der Waals surface area contributed by atoms with E-state index in [1.54, 1.807) is 12.1 Å². The van der Waals surface area contributed by atoms with Crippen LogP contribution in [0.2, 0.25) is 5.02 Å². The van der Waals surface area contributed by atoms with Gasteiger partial charge in [0.25, 0.3) is 0 Å². The number of halogens is 1. The lowest BCUT2D eigenvalue weighted by Crippen LogP contribution is -2.27. The summed E-state index contributed by atoms with van der Waals surface area (Å²) in [6.45, 7) is -0.312. The zero-order valence-corrected chi connectivity index (χ0v) is 17.1. The predicted molar refractivity (Wildman–Crippen MR) is 109 cm³/mol. The van der Waals surface area contributed by atoms with Crippen LogP contribution < -0.4 is 14.8 Å². The zero-order valence-electron chi connectivity index (χ0n) is 15.5. The third-order valence-corrected chi connectivity index (χ3v) is 4.94. The molecule has 7 nitrogen and oxygen atoms in total. The van der Waals surface area contributed by atoms with Crippen LogP contribution in [-0.2, 0) is 19.1 Å². The number of methoxy groups -OCH3 is 2. The molecule has 1 fully saturated rings. The Morgan fingerprint density at radius 2 is 1.97 bits per heavy atom. The molecule has 2 unspecified atom stereocenters. The number of thioether (sulfide) groups is 1. The predicted octanol–water partition coefficient (Wildman–Crippen LogP) is 1.68. The summed E-state index contributed by atoms with van der Waals surface area (Å²) in [4.78, 5) is 33.2. The summed E-state index contributed by atoms with van der Waals surface area (Å²) >= 11 is 7.67. The van der Waals surface area contributed by atoms with Crippen molar-refractivity contribution in [3.05, 3.63) is 27.6 Å². The molecule has 150 valence electrons. The molecule has 2 rings (SSSR count). The zero-order chi connectivity index (χ0) is 21.2. The van der Waals surface area contributed by atoms with Crippen molar-refractivity contribution in [1.29, 1.82) is 0 Å². The van der Waals surface area contributed by atoms with Crippen LogP contribution in [0.5, 0.6) is 11.5 Å². The quantitative estimate of drug-likeness (QED) is 0.426. The number of hydrogen-bond acceptors (Lipinski definition) is 8. The number of hydrogen-bond donors (Lipinski definition) is 1. The third-order valence-electron chi connectivity index (χ3n) is 3.54. The minimum absolute atomic E-state index is 0.214. The molecule has 1 heterocycles. The minimum Gasteiger partial charge on any atom is -0.493 e. The normalized spacial score (nSPS) is 18.7. The van der Waals surface area contributed by atoms with Crippen molar-refractivity contribution in [3.63, 3.8) is 0 Å². The molecule has 0 bridgehead atoms. The molecule has 1 N–H and O–H groups in total. The summed E-state index contributed by atoms with van der Waals surface area (Å²) in [6, 6.07) is 2.88. The van der Waals surface area contributed by atoms with Gasteiger partial charge < -0.3 is 14.2 Å². The van der Waals surface area contributed by atoms with Crippen LogP contribution in [0.4, 0.5) is 0 Å². The number of benzene rings is 1. The van der Waals surface area contributed by atoms with Gasteiger partial charge >= 0.3 is 5.97 Å². The Labute approximate surface area is 177 Å². The lowest BCUT2D eigenvalue weighted by Gasteiger charge is -2.13. The fourth-order valence-corrected chi connectivity index (χ4v) is 3.66. The van der Waals surface area contributed by atoms with E-state index in [1.165, 1.54) is 26.0 Å². The van der Waals surface area contributed by atoms with Gasteiger partial charge in [-0.2, -0.15) is 0 Å². The van der Waals surface area contributed by atoms with Crippen LogP contribution in [0.15, 0.2) is 17.0 Å². The van der Waals surface area contributed by atoms with E-state index < -0.39 is 12.0 Å². The van der Waals surface area contributed by atoms with Crippen LogP contribution in [0, 0.1) is 23.7 Å². The van der Waals surface area contributed by atoms with E-state index in [9.17, 15) is 14.4 Å². The summed E-state index contributed by atoms with van der Waals surface area (Å²) in [5, 5.41) is 3.00. The highest BCUT2D eigenvalue weighted by molar-refractivity contribution is 8.04. The summed E-state index contributed by atoms with van der Waals surface area (Å²) < 4.78 is 15.2. The molecule has 0 radical (unpaired) electrons. The van der Waals surface area contributed by atoms with E-state index in [0.717, 1.165) is 4.91 Å². The fourth-order valence-electron chi connectivity index (χ4n) is 2.32. The smallest absolute Gasteiger partial charge is 0.343 e. The number of carbonyl (C=O) groups excluding carboxylic acids is 3. The Bertz CT molecular complexity index is 953. The van der Waals surface area contributed by atoms with Gasteiger partial charge in [0.05, 0.1) is 19.2 Å². The van der Waals surface area contributed by atoms with E-state index in [0.29, 0.717) is 23.9 Å². The number of nitrogens with one attached hydrogen (secondary N) is 1. The molecule has 1 saturated heterocycles. The number of aldehydes is 2. The highest BCUT2D eigenvalue weighted by Crippen LogP contribution is 2.39.